The van der Waals surface area contributed by atoms with E-state index in [1.165, 1.54) is 0 Å². The molecule has 100 valence electrons. The lowest BCUT2D eigenvalue weighted by atomic mass is 10.1. The Hall–Kier alpha value is -2.01. The van der Waals surface area contributed by atoms with Crippen molar-refractivity contribution in [1.29, 1.82) is 0 Å². The lowest BCUT2D eigenvalue weighted by Crippen LogP contribution is -2.14. The van der Waals surface area contributed by atoms with Crippen LogP contribution in [0.3, 0.4) is 0 Å². The quantitative estimate of drug-likeness (QED) is 0.901. The third-order valence-electron chi connectivity index (χ3n) is 2.88. The molecule has 0 unspecified atom stereocenters. The second kappa shape index (κ2) is 5.32. The maximum Gasteiger partial charge on any atom is 0.250 e. The van der Waals surface area contributed by atoms with Crippen molar-refractivity contribution in [3.05, 3.63) is 45.8 Å². The van der Waals surface area contributed by atoms with Gasteiger partial charge in [0.05, 0.1) is 11.3 Å². The molecule has 0 atom stereocenters. The Morgan fingerprint density at radius 1 is 1.47 bits per heavy atom. The molecule has 3 N–H and O–H groups in total. The predicted molar refractivity (Wildman–Crippen MR) is 73.3 cm³/mol. The molecule has 5 nitrogen and oxygen atoms in total. The molecular formula is C13H14ClN3O2. The van der Waals surface area contributed by atoms with Gasteiger partial charge in [0.15, 0.2) is 0 Å². The molecule has 0 aliphatic rings. The molecule has 0 saturated heterocycles. The second-order valence-corrected chi connectivity index (χ2v) is 4.65. The van der Waals surface area contributed by atoms with Crippen molar-refractivity contribution in [1.82, 2.24) is 5.16 Å². The summed E-state index contributed by atoms with van der Waals surface area (Å²) in [6.45, 7) is 4.19. The number of nitrogens with two attached hydrogens (primary N) is 1. The first-order valence-electron chi connectivity index (χ1n) is 5.74. The molecule has 0 saturated carbocycles. The molecule has 1 amide bonds. The van der Waals surface area contributed by atoms with Gasteiger partial charge in [0.2, 0.25) is 0 Å². The summed E-state index contributed by atoms with van der Waals surface area (Å²) in [5, 5.41) is 7.54. The number of nitrogens with zero attached hydrogens (tertiary/aromatic N) is 1. The number of benzene rings is 1. The SMILES string of the molecule is Cc1noc(C)c1CNc1cc(Cl)ccc1C(N)=O. The molecule has 1 aromatic carbocycles. The Labute approximate surface area is 115 Å². The number of aryl methyl sites for hydroxylation is 2. The number of halogens is 1. The van der Waals surface area contributed by atoms with E-state index in [2.05, 4.69) is 10.5 Å². The predicted octanol–water partition coefficient (Wildman–Crippen LogP) is 2.66. The van der Waals surface area contributed by atoms with Crippen molar-refractivity contribution in [2.45, 2.75) is 20.4 Å². The summed E-state index contributed by atoms with van der Waals surface area (Å²) in [6.07, 6.45) is 0. The Kier molecular flexibility index (Phi) is 3.76. The molecule has 0 bridgehead atoms. The van der Waals surface area contributed by atoms with Crippen molar-refractivity contribution < 1.29 is 9.32 Å². The molecule has 1 aromatic heterocycles. The minimum absolute atomic E-state index is 0.399. The van der Waals surface area contributed by atoms with Crippen LogP contribution in [0.15, 0.2) is 22.7 Å². The number of anilines is 1. The van der Waals surface area contributed by atoms with Crippen LogP contribution >= 0.6 is 11.6 Å². The van der Waals surface area contributed by atoms with Crippen LogP contribution in [0.4, 0.5) is 5.69 Å². The van der Waals surface area contributed by atoms with E-state index >= 15 is 0 Å². The molecule has 0 spiro atoms. The lowest BCUT2D eigenvalue weighted by Gasteiger charge is -2.10. The smallest absolute Gasteiger partial charge is 0.250 e. The van der Waals surface area contributed by atoms with Crippen LogP contribution in [0.25, 0.3) is 0 Å². The Bertz CT molecular complexity index is 603. The van der Waals surface area contributed by atoms with Crippen LogP contribution in [0.1, 0.15) is 27.4 Å². The summed E-state index contributed by atoms with van der Waals surface area (Å²) in [6, 6.07) is 4.89. The van der Waals surface area contributed by atoms with Gasteiger partial charge >= 0.3 is 0 Å². The number of aromatic nitrogens is 1. The van der Waals surface area contributed by atoms with Gasteiger partial charge in [0, 0.05) is 22.8 Å². The number of hydrogen-bond acceptors (Lipinski definition) is 4. The maximum atomic E-state index is 11.3. The first kappa shape index (κ1) is 13.4. The highest BCUT2D eigenvalue weighted by Gasteiger charge is 2.12. The third kappa shape index (κ3) is 2.88. The minimum Gasteiger partial charge on any atom is -0.380 e. The van der Waals surface area contributed by atoms with E-state index in [-0.39, 0.29) is 0 Å². The highest BCUT2D eigenvalue weighted by atomic mass is 35.5. The standard InChI is InChI=1S/C13H14ClN3O2/c1-7-11(8(2)19-17-7)6-16-12-5-9(14)3-4-10(12)13(15)18/h3-5,16H,6H2,1-2H3,(H2,15,18). The summed E-state index contributed by atoms with van der Waals surface area (Å²) < 4.78 is 5.08. The molecule has 19 heavy (non-hydrogen) atoms. The topological polar surface area (TPSA) is 81.2 Å². The van der Waals surface area contributed by atoms with Gasteiger partial charge in [-0.05, 0) is 32.0 Å². The zero-order chi connectivity index (χ0) is 14.0. The zero-order valence-corrected chi connectivity index (χ0v) is 11.4. The van der Waals surface area contributed by atoms with Gasteiger partial charge in [0.25, 0.3) is 5.91 Å². The average Bonchev–Trinajstić information content (AvgIpc) is 2.66. The highest BCUT2D eigenvalue weighted by molar-refractivity contribution is 6.31. The number of carbonyl (C=O) groups excluding carboxylic acids is 1. The minimum atomic E-state index is -0.502. The van der Waals surface area contributed by atoms with Crippen LogP contribution in [0.2, 0.25) is 5.02 Å². The largest absolute Gasteiger partial charge is 0.380 e. The summed E-state index contributed by atoms with van der Waals surface area (Å²) in [5.74, 6) is 0.241. The molecule has 1 heterocycles. The van der Waals surface area contributed by atoms with Crippen LogP contribution in [0, 0.1) is 13.8 Å². The number of rotatable bonds is 4. The van der Waals surface area contributed by atoms with E-state index in [1.807, 2.05) is 13.8 Å². The van der Waals surface area contributed by atoms with E-state index < -0.39 is 5.91 Å². The van der Waals surface area contributed by atoms with Crippen molar-refractivity contribution in [3.63, 3.8) is 0 Å². The molecule has 0 radical (unpaired) electrons. The monoisotopic (exact) mass is 279 g/mol. The number of hydrogen-bond donors (Lipinski definition) is 2. The number of amides is 1. The molecule has 0 aliphatic carbocycles. The first-order chi connectivity index (χ1) is 8.99. The number of carbonyl (C=O) groups is 1. The maximum absolute atomic E-state index is 11.3. The Morgan fingerprint density at radius 2 is 2.21 bits per heavy atom. The fourth-order valence-electron chi connectivity index (χ4n) is 1.82. The summed E-state index contributed by atoms with van der Waals surface area (Å²) in [4.78, 5) is 11.3. The molecule has 2 rings (SSSR count). The van der Waals surface area contributed by atoms with Crippen molar-refractivity contribution in [2.75, 3.05) is 5.32 Å². The fraction of sp³-hybridized carbons (Fsp3) is 0.231. The molecule has 2 aromatic rings. The molecule has 0 aliphatic heterocycles. The van der Waals surface area contributed by atoms with E-state index in [0.29, 0.717) is 22.8 Å². The summed E-state index contributed by atoms with van der Waals surface area (Å²) >= 11 is 5.92. The molecular weight excluding hydrogens is 266 g/mol. The third-order valence-corrected chi connectivity index (χ3v) is 3.12. The average molecular weight is 280 g/mol. The van der Waals surface area contributed by atoms with Gasteiger partial charge < -0.3 is 15.6 Å². The van der Waals surface area contributed by atoms with Gasteiger partial charge in [-0.3, -0.25) is 4.79 Å². The fourth-order valence-corrected chi connectivity index (χ4v) is 1.99. The lowest BCUT2D eigenvalue weighted by molar-refractivity contribution is 0.100. The zero-order valence-electron chi connectivity index (χ0n) is 10.7. The normalized spacial score (nSPS) is 10.5. The van der Waals surface area contributed by atoms with Gasteiger partial charge in [-0.25, -0.2) is 0 Å². The number of primary amides is 1. The van der Waals surface area contributed by atoms with Crippen LogP contribution in [0.5, 0.6) is 0 Å². The van der Waals surface area contributed by atoms with E-state index in [1.54, 1.807) is 18.2 Å². The van der Waals surface area contributed by atoms with Crippen molar-refractivity contribution in [3.8, 4) is 0 Å². The van der Waals surface area contributed by atoms with E-state index in [0.717, 1.165) is 17.0 Å². The van der Waals surface area contributed by atoms with Crippen molar-refractivity contribution >= 4 is 23.2 Å². The van der Waals surface area contributed by atoms with Gasteiger partial charge in [-0.15, -0.1) is 0 Å². The Morgan fingerprint density at radius 3 is 2.79 bits per heavy atom. The molecule has 6 heteroatoms. The van der Waals surface area contributed by atoms with E-state index in [4.69, 9.17) is 21.9 Å². The number of nitrogens with one attached hydrogen (secondary N) is 1. The van der Waals surface area contributed by atoms with Crippen LogP contribution < -0.4 is 11.1 Å². The van der Waals surface area contributed by atoms with Crippen molar-refractivity contribution in [2.24, 2.45) is 5.73 Å². The molecule has 0 fully saturated rings. The highest BCUT2D eigenvalue weighted by Crippen LogP contribution is 2.22. The summed E-state index contributed by atoms with van der Waals surface area (Å²) in [5.41, 5.74) is 8.08. The van der Waals surface area contributed by atoms with E-state index in [9.17, 15) is 4.79 Å². The van der Waals surface area contributed by atoms with Gasteiger partial charge in [-0.2, -0.15) is 0 Å². The van der Waals surface area contributed by atoms with Crippen LogP contribution in [-0.4, -0.2) is 11.1 Å². The second-order valence-electron chi connectivity index (χ2n) is 4.21. The Balaban J connectivity index is 2.24. The first-order valence-corrected chi connectivity index (χ1v) is 6.12. The summed E-state index contributed by atoms with van der Waals surface area (Å²) in [7, 11) is 0. The van der Waals surface area contributed by atoms with Gasteiger partial charge in [-0.1, -0.05) is 16.8 Å². The van der Waals surface area contributed by atoms with Gasteiger partial charge in [0.1, 0.15) is 5.76 Å². The van der Waals surface area contributed by atoms with Crippen LogP contribution in [-0.2, 0) is 6.54 Å².